The molecule has 0 bridgehead atoms. The van der Waals surface area contributed by atoms with Gasteiger partial charge in [-0.3, -0.25) is 0 Å². The van der Waals surface area contributed by atoms with Gasteiger partial charge in [-0.05, 0) is 30.9 Å². The van der Waals surface area contributed by atoms with E-state index in [1.807, 2.05) is 11.8 Å². The number of nitrogens with two attached hydrogens (primary N) is 1. The van der Waals surface area contributed by atoms with Gasteiger partial charge < -0.3 is 5.73 Å². The smallest absolute Gasteiger partial charge is 0.0158 e. The molecule has 0 saturated heterocycles. The Morgan fingerprint density at radius 1 is 1.46 bits per heavy atom. The lowest BCUT2D eigenvalue weighted by atomic mass is 9.77. The van der Waals surface area contributed by atoms with E-state index >= 15 is 0 Å². The maximum Gasteiger partial charge on any atom is 0.0158 e. The summed E-state index contributed by atoms with van der Waals surface area (Å²) in [5, 5.41) is 0. The second kappa shape index (κ2) is 5.92. The van der Waals surface area contributed by atoms with Crippen molar-refractivity contribution in [1.29, 1.82) is 0 Å². The van der Waals surface area contributed by atoms with Crippen molar-refractivity contribution in [1.82, 2.24) is 0 Å². The molecule has 0 aliphatic heterocycles. The van der Waals surface area contributed by atoms with Gasteiger partial charge in [0.1, 0.15) is 0 Å². The molecule has 0 aromatic heterocycles. The van der Waals surface area contributed by atoms with Crippen LogP contribution in [0, 0.1) is 11.8 Å². The predicted molar refractivity (Wildman–Crippen MR) is 62.1 cm³/mol. The van der Waals surface area contributed by atoms with E-state index in [4.69, 9.17) is 5.73 Å². The first kappa shape index (κ1) is 11.4. The van der Waals surface area contributed by atoms with Gasteiger partial charge >= 0.3 is 0 Å². The van der Waals surface area contributed by atoms with Gasteiger partial charge in [-0.25, -0.2) is 0 Å². The zero-order valence-electron chi connectivity index (χ0n) is 8.96. The van der Waals surface area contributed by atoms with Crippen LogP contribution in [0.15, 0.2) is 0 Å². The van der Waals surface area contributed by atoms with Crippen molar-refractivity contribution in [3.05, 3.63) is 0 Å². The highest BCUT2D eigenvalue weighted by Crippen LogP contribution is 2.32. The molecule has 1 aliphatic carbocycles. The molecule has 1 nitrogen and oxygen atoms in total. The molecule has 0 amide bonds. The topological polar surface area (TPSA) is 26.0 Å². The summed E-state index contributed by atoms with van der Waals surface area (Å²) < 4.78 is 0. The second-order valence-electron chi connectivity index (χ2n) is 4.32. The van der Waals surface area contributed by atoms with Crippen molar-refractivity contribution in [2.75, 3.05) is 12.0 Å². The molecule has 1 aliphatic rings. The van der Waals surface area contributed by atoms with Crippen molar-refractivity contribution in [3.8, 4) is 0 Å². The van der Waals surface area contributed by atoms with E-state index in [-0.39, 0.29) is 0 Å². The van der Waals surface area contributed by atoms with Crippen LogP contribution in [0.2, 0.25) is 0 Å². The van der Waals surface area contributed by atoms with Gasteiger partial charge in [0.15, 0.2) is 0 Å². The van der Waals surface area contributed by atoms with Gasteiger partial charge in [0.25, 0.3) is 0 Å². The van der Waals surface area contributed by atoms with Crippen molar-refractivity contribution < 1.29 is 0 Å². The van der Waals surface area contributed by atoms with E-state index < -0.39 is 0 Å². The fraction of sp³-hybridized carbons (Fsp3) is 1.00. The van der Waals surface area contributed by atoms with Gasteiger partial charge in [0, 0.05) is 11.8 Å². The Labute approximate surface area is 86.8 Å². The first-order valence-electron chi connectivity index (χ1n) is 5.52. The molecule has 13 heavy (non-hydrogen) atoms. The van der Waals surface area contributed by atoms with E-state index in [2.05, 4.69) is 13.2 Å². The quantitative estimate of drug-likeness (QED) is 0.757. The zero-order valence-corrected chi connectivity index (χ0v) is 9.78. The average Bonchev–Trinajstić information content (AvgIpc) is 2.18. The number of hydrogen-bond donors (Lipinski definition) is 1. The highest BCUT2D eigenvalue weighted by Gasteiger charge is 2.24. The summed E-state index contributed by atoms with van der Waals surface area (Å²) >= 11 is 1.89. The van der Waals surface area contributed by atoms with Crippen LogP contribution < -0.4 is 5.73 Å². The molecule has 1 rings (SSSR count). The van der Waals surface area contributed by atoms with Gasteiger partial charge in [0.2, 0.25) is 0 Å². The SMILES string of the molecule is CCC1CCCC(C(N)CSC)C1. The lowest BCUT2D eigenvalue weighted by molar-refractivity contribution is 0.238. The van der Waals surface area contributed by atoms with Crippen LogP contribution >= 0.6 is 11.8 Å². The molecule has 0 aromatic rings. The van der Waals surface area contributed by atoms with E-state index in [1.165, 1.54) is 32.1 Å². The average molecular weight is 201 g/mol. The first-order chi connectivity index (χ1) is 6.27. The summed E-state index contributed by atoms with van der Waals surface area (Å²) in [4.78, 5) is 0. The van der Waals surface area contributed by atoms with E-state index in [1.54, 1.807) is 0 Å². The molecule has 1 fully saturated rings. The van der Waals surface area contributed by atoms with Gasteiger partial charge in [-0.1, -0.05) is 26.2 Å². The third-order valence-electron chi connectivity index (χ3n) is 3.37. The molecular formula is C11H23NS. The molecular weight excluding hydrogens is 178 g/mol. The van der Waals surface area contributed by atoms with Crippen LogP contribution in [0.5, 0.6) is 0 Å². The highest BCUT2D eigenvalue weighted by molar-refractivity contribution is 7.98. The Balaban J connectivity index is 2.32. The third kappa shape index (κ3) is 3.51. The molecule has 3 atom stereocenters. The fourth-order valence-corrected chi connectivity index (χ4v) is 3.08. The molecule has 0 radical (unpaired) electrons. The number of hydrogen-bond acceptors (Lipinski definition) is 2. The Morgan fingerprint density at radius 3 is 2.85 bits per heavy atom. The summed E-state index contributed by atoms with van der Waals surface area (Å²) in [6, 6.07) is 0.448. The molecule has 2 N–H and O–H groups in total. The molecule has 0 heterocycles. The summed E-state index contributed by atoms with van der Waals surface area (Å²) in [6.45, 7) is 2.31. The lowest BCUT2D eigenvalue weighted by Gasteiger charge is -2.32. The predicted octanol–water partition coefficient (Wildman–Crippen LogP) is 2.89. The molecule has 0 spiro atoms. The van der Waals surface area contributed by atoms with Gasteiger partial charge in [-0.2, -0.15) is 11.8 Å². The van der Waals surface area contributed by atoms with Crippen molar-refractivity contribution in [2.45, 2.75) is 45.1 Å². The standard InChI is InChI=1S/C11H23NS/c1-3-9-5-4-6-10(7-9)11(12)8-13-2/h9-11H,3-8,12H2,1-2H3. The Morgan fingerprint density at radius 2 is 2.23 bits per heavy atom. The zero-order chi connectivity index (χ0) is 9.68. The first-order valence-corrected chi connectivity index (χ1v) is 6.91. The maximum absolute atomic E-state index is 6.16. The minimum Gasteiger partial charge on any atom is -0.327 e. The Kier molecular flexibility index (Phi) is 5.18. The van der Waals surface area contributed by atoms with Gasteiger partial charge in [0.05, 0.1) is 0 Å². The van der Waals surface area contributed by atoms with Crippen LogP contribution in [0.3, 0.4) is 0 Å². The fourth-order valence-electron chi connectivity index (χ4n) is 2.42. The summed E-state index contributed by atoms with van der Waals surface area (Å²) in [5.41, 5.74) is 6.16. The Hall–Kier alpha value is 0.310. The van der Waals surface area contributed by atoms with Crippen molar-refractivity contribution in [2.24, 2.45) is 17.6 Å². The van der Waals surface area contributed by atoms with Crippen LogP contribution in [0.4, 0.5) is 0 Å². The molecule has 0 aromatic carbocycles. The third-order valence-corrected chi connectivity index (χ3v) is 4.08. The molecule has 2 heteroatoms. The number of rotatable bonds is 4. The number of thioether (sulfide) groups is 1. The second-order valence-corrected chi connectivity index (χ2v) is 5.23. The van der Waals surface area contributed by atoms with E-state index in [0.29, 0.717) is 6.04 Å². The van der Waals surface area contributed by atoms with Crippen LogP contribution in [-0.4, -0.2) is 18.1 Å². The molecule has 78 valence electrons. The van der Waals surface area contributed by atoms with Gasteiger partial charge in [-0.15, -0.1) is 0 Å². The van der Waals surface area contributed by atoms with Crippen LogP contribution in [0.1, 0.15) is 39.0 Å². The lowest BCUT2D eigenvalue weighted by Crippen LogP contribution is -2.35. The molecule has 1 saturated carbocycles. The minimum atomic E-state index is 0.448. The Bertz CT molecular complexity index is 138. The van der Waals surface area contributed by atoms with E-state index in [9.17, 15) is 0 Å². The van der Waals surface area contributed by atoms with Crippen LogP contribution in [0.25, 0.3) is 0 Å². The summed E-state index contributed by atoms with van der Waals surface area (Å²) in [7, 11) is 0. The monoisotopic (exact) mass is 201 g/mol. The summed E-state index contributed by atoms with van der Waals surface area (Å²) in [6.07, 6.45) is 9.11. The van der Waals surface area contributed by atoms with E-state index in [0.717, 1.165) is 17.6 Å². The molecule has 3 unspecified atom stereocenters. The van der Waals surface area contributed by atoms with Crippen molar-refractivity contribution >= 4 is 11.8 Å². The highest BCUT2D eigenvalue weighted by atomic mass is 32.2. The summed E-state index contributed by atoms with van der Waals surface area (Å²) in [5.74, 6) is 2.92. The maximum atomic E-state index is 6.16. The normalized spacial score (nSPS) is 31.6. The van der Waals surface area contributed by atoms with Crippen molar-refractivity contribution in [3.63, 3.8) is 0 Å². The minimum absolute atomic E-state index is 0.448. The van der Waals surface area contributed by atoms with Crippen LogP contribution in [-0.2, 0) is 0 Å². The largest absolute Gasteiger partial charge is 0.327 e.